The summed E-state index contributed by atoms with van der Waals surface area (Å²) in [6.45, 7) is 10.3. The summed E-state index contributed by atoms with van der Waals surface area (Å²) in [7, 11) is 0. The molecule has 1 spiro atoms. The molecule has 3 atom stereocenters. The maximum absolute atomic E-state index is 17.2. The molecule has 0 radical (unpaired) electrons. The SMILES string of the molecule is C#Cc1c(F)ccc2cc(O)cc(-c3ncc4c(N5CC6CCC(C5)N6)nc(OCC5(CN6CCC7(CC6)CC(CN6CCN(c8ccc9c(c8)CN([C@H]8CCC(=O)NC8=O)C9=O)CC6)C7)CC5)nc4c3F)c12. The highest BCUT2D eigenvalue weighted by Gasteiger charge is 2.50. The molecule has 2 unspecified atom stereocenters. The van der Waals surface area contributed by atoms with Crippen LogP contribution in [0.5, 0.6) is 11.8 Å². The van der Waals surface area contributed by atoms with Gasteiger partial charge in [0.25, 0.3) is 5.91 Å². The first-order valence-electron chi connectivity index (χ1n) is 26.3. The van der Waals surface area contributed by atoms with E-state index in [1.807, 2.05) is 12.1 Å². The first kappa shape index (κ1) is 46.3. The summed E-state index contributed by atoms with van der Waals surface area (Å²) in [4.78, 5) is 63.2. The molecule has 3 aromatic carbocycles. The van der Waals surface area contributed by atoms with E-state index in [4.69, 9.17) is 21.1 Å². The molecule has 5 saturated heterocycles. The summed E-state index contributed by atoms with van der Waals surface area (Å²) in [5, 5.41) is 18.0. The highest BCUT2D eigenvalue weighted by molar-refractivity contribution is 6.06. The Hall–Kier alpha value is -6.48. The molecule has 3 amide bonds. The largest absolute Gasteiger partial charge is 0.508 e. The molecule has 8 heterocycles. The number of phenolic OH excluding ortho intramolecular Hbond substituents is 1. The Balaban J connectivity index is 0.627. The number of halogens is 2. The zero-order valence-corrected chi connectivity index (χ0v) is 41.0. The normalized spacial score (nSPS) is 24.8. The Morgan fingerprint density at radius 1 is 0.863 bits per heavy atom. The van der Waals surface area contributed by atoms with Crippen molar-refractivity contribution < 1.29 is 33.0 Å². The van der Waals surface area contributed by atoms with Crippen LogP contribution in [0.3, 0.4) is 0 Å². The van der Waals surface area contributed by atoms with E-state index in [2.05, 4.69) is 47.2 Å². The molecule has 2 aliphatic carbocycles. The average Bonchev–Trinajstić information content (AvgIpc) is 3.96. The number of carbonyl (C=O) groups is 3. The monoisotopic (exact) mass is 990 g/mol. The predicted octanol–water partition coefficient (Wildman–Crippen LogP) is 5.99. The van der Waals surface area contributed by atoms with Crippen LogP contribution in [0.4, 0.5) is 20.3 Å². The molecule has 2 aromatic heterocycles. The number of hydrogen-bond donors (Lipinski definition) is 3. The number of ether oxygens (including phenoxy) is 1. The fraction of sp³-hybridized carbons (Fsp3) is 0.500. The third-order valence-corrected chi connectivity index (χ3v) is 17.8. The smallest absolute Gasteiger partial charge is 0.319 e. The van der Waals surface area contributed by atoms with Gasteiger partial charge in [-0.1, -0.05) is 12.0 Å². The van der Waals surface area contributed by atoms with Gasteiger partial charge in [-0.15, -0.1) is 6.42 Å². The van der Waals surface area contributed by atoms with Crippen molar-refractivity contribution in [3.05, 3.63) is 77.0 Å². The number of anilines is 2. The van der Waals surface area contributed by atoms with Gasteiger partial charge < -0.3 is 34.8 Å². The second-order valence-corrected chi connectivity index (χ2v) is 22.6. The van der Waals surface area contributed by atoms with Crippen LogP contribution in [0.25, 0.3) is 32.9 Å². The second kappa shape index (κ2) is 17.9. The second-order valence-electron chi connectivity index (χ2n) is 22.6. The van der Waals surface area contributed by atoms with Gasteiger partial charge in [-0.3, -0.25) is 29.6 Å². The van der Waals surface area contributed by atoms with E-state index in [1.54, 1.807) is 11.1 Å². The van der Waals surface area contributed by atoms with Gasteiger partial charge in [0.15, 0.2) is 5.82 Å². The van der Waals surface area contributed by atoms with Crippen LogP contribution < -0.4 is 25.2 Å². The van der Waals surface area contributed by atoms with Gasteiger partial charge in [0.05, 0.1) is 17.6 Å². The van der Waals surface area contributed by atoms with Crippen molar-refractivity contribution in [3.8, 4) is 35.4 Å². The summed E-state index contributed by atoms with van der Waals surface area (Å²) in [5.41, 5.74) is 3.21. The molecule has 7 fully saturated rings. The number of fused-ring (bicyclic) bond motifs is 5. The first-order valence-corrected chi connectivity index (χ1v) is 26.3. The standard InChI is InChI=1S/C56H60F2N10O5/c1-2-40-44(57)8-3-34-22-39(69)23-42(47(34)40)49-48(58)50-43(26-59-49)51(67-29-36-4-5-37(30-67)60-36)63-54(62-50)73-32-56(11-12-56)31-65-15-13-55(14-16-65)24-33(25-55)27-64-17-19-66(20-18-64)38-6-7-41-35(21-38)28-68(53(41)72)45-9-10-46(70)61-52(45)71/h1,3,6-8,21-23,26,33,36-37,45,60,69H,4-5,9-20,24-25,27-32H2,(H,61,70,71)/t36?,37?,45-/m0/s1. The summed E-state index contributed by atoms with van der Waals surface area (Å²) in [6.07, 6.45) is 17.1. The number of piperazine rings is 2. The quantitative estimate of drug-likeness (QED) is 0.105. The number of aromatic hydroxyl groups is 1. The van der Waals surface area contributed by atoms with Crippen molar-refractivity contribution >= 4 is 50.9 Å². The Labute approximate surface area is 422 Å². The molecule has 6 aliphatic heterocycles. The number of benzene rings is 3. The van der Waals surface area contributed by atoms with E-state index in [9.17, 15) is 19.5 Å². The number of aromatic nitrogens is 3. The van der Waals surface area contributed by atoms with E-state index < -0.39 is 17.7 Å². The molecule has 5 aromatic rings. The minimum Gasteiger partial charge on any atom is -0.508 e. The minimum atomic E-state index is -0.720. The number of piperidine rings is 2. The van der Waals surface area contributed by atoms with Crippen molar-refractivity contribution in [3.63, 3.8) is 0 Å². The number of hydrogen-bond acceptors (Lipinski definition) is 13. The van der Waals surface area contributed by atoms with E-state index in [0.717, 1.165) is 89.3 Å². The van der Waals surface area contributed by atoms with Crippen LogP contribution >= 0.6 is 0 Å². The van der Waals surface area contributed by atoms with Gasteiger partial charge in [-0.25, -0.2) is 8.78 Å². The fourth-order valence-electron chi connectivity index (χ4n) is 13.7. The number of nitrogens with one attached hydrogen (secondary N) is 2. The van der Waals surface area contributed by atoms with E-state index in [1.165, 1.54) is 49.9 Å². The summed E-state index contributed by atoms with van der Waals surface area (Å²) < 4.78 is 38.8. The summed E-state index contributed by atoms with van der Waals surface area (Å²) in [5.74, 6) is 1.45. The lowest BCUT2D eigenvalue weighted by Crippen LogP contribution is -2.53. The lowest BCUT2D eigenvalue weighted by atomic mass is 9.57. The molecule has 378 valence electrons. The zero-order chi connectivity index (χ0) is 49.8. The van der Waals surface area contributed by atoms with Crippen molar-refractivity contribution in [1.82, 2.24) is 40.3 Å². The Kier molecular flexibility index (Phi) is 11.3. The molecule has 8 aliphatic rings. The van der Waals surface area contributed by atoms with Crippen LogP contribution in [0.1, 0.15) is 85.7 Å². The molecule has 2 saturated carbocycles. The lowest BCUT2D eigenvalue weighted by Gasteiger charge is -2.54. The average molecular weight is 991 g/mol. The highest BCUT2D eigenvalue weighted by Crippen LogP contribution is 2.54. The Morgan fingerprint density at radius 3 is 2.38 bits per heavy atom. The maximum Gasteiger partial charge on any atom is 0.319 e. The third-order valence-electron chi connectivity index (χ3n) is 17.8. The van der Waals surface area contributed by atoms with Gasteiger partial charge in [0.2, 0.25) is 11.8 Å². The van der Waals surface area contributed by atoms with Crippen LogP contribution in [0.2, 0.25) is 0 Å². The molecule has 13 rings (SSSR count). The van der Waals surface area contributed by atoms with Crippen molar-refractivity contribution in [1.29, 1.82) is 0 Å². The number of likely N-dealkylation sites (tertiary alicyclic amines) is 1. The molecule has 2 bridgehead atoms. The molecule has 73 heavy (non-hydrogen) atoms. The Morgan fingerprint density at radius 2 is 1.64 bits per heavy atom. The molecule has 15 nitrogen and oxygen atoms in total. The minimum absolute atomic E-state index is 0.0209. The van der Waals surface area contributed by atoms with Crippen LogP contribution in [-0.4, -0.2) is 143 Å². The number of rotatable bonds is 11. The van der Waals surface area contributed by atoms with Gasteiger partial charge in [-0.05, 0) is 130 Å². The zero-order valence-electron chi connectivity index (χ0n) is 41.0. The number of phenols is 1. The molecular formula is C56H60F2N10O5. The van der Waals surface area contributed by atoms with Gasteiger partial charge in [0.1, 0.15) is 34.6 Å². The maximum atomic E-state index is 17.2. The topological polar surface area (TPSA) is 160 Å². The molecule has 3 N–H and O–H groups in total. The summed E-state index contributed by atoms with van der Waals surface area (Å²) >= 11 is 0. The van der Waals surface area contributed by atoms with Crippen LogP contribution in [-0.2, 0) is 16.1 Å². The number of amides is 3. The third kappa shape index (κ3) is 8.48. The van der Waals surface area contributed by atoms with Gasteiger partial charge in [0, 0.05) is 111 Å². The summed E-state index contributed by atoms with van der Waals surface area (Å²) in [6, 6.07) is 11.8. The van der Waals surface area contributed by atoms with Gasteiger partial charge >= 0.3 is 6.01 Å². The molecular weight excluding hydrogens is 931 g/mol. The van der Waals surface area contributed by atoms with E-state index in [-0.39, 0.29) is 69.0 Å². The van der Waals surface area contributed by atoms with Crippen molar-refractivity contribution in [2.75, 3.05) is 81.9 Å². The predicted molar refractivity (Wildman–Crippen MR) is 271 cm³/mol. The fourth-order valence-corrected chi connectivity index (χ4v) is 13.7. The van der Waals surface area contributed by atoms with Crippen molar-refractivity contribution in [2.24, 2.45) is 16.7 Å². The Bertz CT molecular complexity index is 3120. The molecule has 17 heteroatoms. The van der Waals surface area contributed by atoms with Crippen molar-refractivity contribution in [2.45, 2.75) is 88.9 Å². The first-order chi connectivity index (χ1) is 35.4. The van der Waals surface area contributed by atoms with Crippen LogP contribution in [0, 0.1) is 40.7 Å². The number of carbonyl (C=O) groups excluding carboxylic acids is 3. The van der Waals surface area contributed by atoms with Crippen LogP contribution in [0.15, 0.2) is 48.7 Å². The van der Waals surface area contributed by atoms with E-state index >= 15 is 8.78 Å². The number of imide groups is 1. The number of terminal acetylenes is 1. The number of nitrogens with zero attached hydrogens (tertiary/aromatic N) is 8. The van der Waals surface area contributed by atoms with E-state index in [0.29, 0.717) is 78.2 Å². The number of pyridine rings is 1. The highest BCUT2D eigenvalue weighted by atomic mass is 19.1. The van der Waals surface area contributed by atoms with Gasteiger partial charge in [-0.2, -0.15) is 9.97 Å². The lowest BCUT2D eigenvalue weighted by molar-refractivity contribution is -0.136.